The van der Waals surface area contributed by atoms with E-state index in [-0.39, 0.29) is 4.47 Å². The number of halogens is 3. The Labute approximate surface area is 91.8 Å². The van der Waals surface area contributed by atoms with Crippen molar-refractivity contribution in [3.05, 3.63) is 38.3 Å². The fourth-order valence-corrected chi connectivity index (χ4v) is 1.36. The number of benzene rings is 1. The van der Waals surface area contributed by atoms with Gasteiger partial charge >= 0.3 is 0 Å². The van der Waals surface area contributed by atoms with Gasteiger partial charge < -0.3 is 5.11 Å². The molecular weight excluding hydrogens is 276 g/mol. The van der Waals surface area contributed by atoms with Crippen molar-refractivity contribution < 1.29 is 18.8 Å². The predicted molar refractivity (Wildman–Crippen MR) is 51.8 cm³/mol. The van der Waals surface area contributed by atoms with E-state index < -0.39 is 28.7 Å². The first-order valence-electron chi connectivity index (χ1n) is 3.81. The Morgan fingerprint density at radius 3 is 2.60 bits per heavy atom. The quantitative estimate of drug-likeness (QED) is 0.684. The number of nitrogens with zero attached hydrogens (tertiary/aromatic N) is 1. The highest BCUT2D eigenvalue weighted by atomic mass is 79.9. The average Bonchev–Trinajstić information content (AvgIpc) is 2.17. The first-order chi connectivity index (χ1) is 6.88. The van der Waals surface area contributed by atoms with E-state index in [0.717, 1.165) is 18.2 Å². The third-order valence-corrected chi connectivity index (χ3v) is 2.43. The molecule has 7 heteroatoms. The number of nitro groups is 1. The molecule has 0 amide bonds. The maximum absolute atomic E-state index is 13.0. The summed E-state index contributed by atoms with van der Waals surface area (Å²) in [4.78, 5) is 9.68. The Kier molecular flexibility index (Phi) is 3.35. The van der Waals surface area contributed by atoms with Gasteiger partial charge in [0.2, 0.25) is 0 Å². The van der Waals surface area contributed by atoms with Crippen LogP contribution in [0, 0.1) is 10.1 Å². The first-order valence-corrected chi connectivity index (χ1v) is 4.61. The molecule has 4 nitrogen and oxygen atoms in total. The standard InChI is InChI=1S/C8H6BrF2NO3/c9-6-2-1-5(8(10,11)4-13)3-7(6)12(14)15/h1-3,13H,4H2. The summed E-state index contributed by atoms with van der Waals surface area (Å²) in [7, 11) is 0. The molecule has 0 aliphatic carbocycles. The van der Waals surface area contributed by atoms with Crippen molar-refractivity contribution in [2.75, 3.05) is 6.61 Å². The van der Waals surface area contributed by atoms with Crippen molar-refractivity contribution in [3.63, 3.8) is 0 Å². The fourth-order valence-electron chi connectivity index (χ4n) is 0.971. The smallest absolute Gasteiger partial charge is 0.296 e. The lowest BCUT2D eigenvalue weighted by atomic mass is 10.1. The van der Waals surface area contributed by atoms with Crippen molar-refractivity contribution in [2.45, 2.75) is 5.92 Å². The van der Waals surface area contributed by atoms with Crippen LogP contribution in [0.3, 0.4) is 0 Å². The minimum absolute atomic E-state index is 0.116. The molecule has 0 aliphatic heterocycles. The van der Waals surface area contributed by atoms with Gasteiger partial charge in [0.05, 0.1) is 9.40 Å². The Bertz CT molecular complexity index is 397. The molecule has 0 atom stereocenters. The van der Waals surface area contributed by atoms with E-state index >= 15 is 0 Å². The van der Waals surface area contributed by atoms with Gasteiger partial charge in [-0.05, 0) is 22.0 Å². The third-order valence-electron chi connectivity index (χ3n) is 1.76. The molecule has 0 unspecified atom stereocenters. The fraction of sp³-hybridized carbons (Fsp3) is 0.250. The highest BCUT2D eigenvalue weighted by molar-refractivity contribution is 9.10. The number of alkyl halides is 2. The number of rotatable bonds is 3. The Morgan fingerprint density at radius 1 is 1.53 bits per heavy atom. The maximum atomic E-state index is 13.0. The molecule has 0 fully saturated rings. The second-order valence-corrected chi connectivity index (χ2v) is 3.64. The normalized spacial score (nSPS) is 11.5. The van der Waals surface area contributed by atoms with Crippen LogP contribution in [-0.4, -0.2) is 16.6 Å². The molecule has 0 saturated heterocycles. The Morgan fingerprint density at radius 2 is 2.13 bits per heavy atom. The van der Waals surface area contributed by atoms with Gasteiger partial charge in [-0.25, -0.2) is 0 Å². The highest BCUT2D eigenvalue weighted by Gasteiger charge is 2.32. The minimum atomic E-state index is -3.47. The molecule has 0 heterocycles. The molecule has 1 aromatic carbocycles. The van der Waals surface area contributed by atoms with Crippen LogP contribution in [0.2, 0.25) is 0 Å². The van der Waals surface area contributed by atoms with Crippen molar-refractivity contribution in [2.24, 2.45) is 0 Å². The summed E-state index contributed by atoms with van der Waals surface area (Å²) in [5.74, 6) is -3.47. The van der Waals surface area contributed by atoms with Gasteiger partial charge in [0.15, 0.2) is 0 Å². The summed E-state index contributed by atoms with van der Waals surface area (Å²) in [5, 5.41) is 18.9. The molecule has 82 valence electrons. The largest absolute Gasteiger partial charge is 0.390 e. The summed E-state index contributed by atoms with van der Waals surface area (Å²) in [6, 6.07) is 2.91. The molecule has 1 N–H and O–H groups in total. The molecule has 0 bridgehead atoms. The number of hydrogen-bond acceptors (Lipinski definition) is 3. The highest BCUT2D eigenvalue weighted by Crippen LogP contribution is 2.33. The summed E-state index contributed by atoms with van der Waals surface area (Å²) < 4.78 is 26.1. The molecular formula is C8H6BrF2NO3. The zero-order chi connectivity index (χ0) is 11.6. The Balaban J connectivity index is 3.25. The minimum Gasteiger partial charge on any atom is -0.390 e. The van der Waals surface area contributed by atoms with Crippen LogP contribution < -0.4 is 0 Å². The van der Waals surface area contributed by atoms with Crippen LogP contribution in [0.5, 0.6) is 0 Å². The van der Waals surface area contributed by atoms with E-state index in [1.165, 1.54) is 0 Å². The zero-order valence-electron chi connectivity index (χ0n) is 7.28. The predicted octanol–water partition coefficient (Wildman–Crippen LogP) is 2.44. The molecule has 1 aromatic rings. The topological polar surface area (TPSA) is 63.4 Å². The van der Waals surface area contributed by atoms with E-state index in [4.69, 9.17) is 5.11 Å². The van der Waals surface area contributed by atoms with Gasteiger partial charge in [0, 0.05) is 11.6 Å². The van der Waals surface area contributed by atoms with Crippen LogP contribution in [0.1, 0.15) is 5.56 Å². The van der Waals surface area contributed by atoms with Crippen molar-refractivity contribution in [1.29, 1.82) is 0 Å². The molecule has 0 aromatic heterocycles. The monoisotopic (exact) mass is 281 g/mol. The zero-order valence-corrected chi connectivity index (χ0v) is 8.87. The summed E-state index contributed by atoms with van der Waals surface area (Å²) >= 11 is 2.87. The van der Waals surface area contributed by atoms with Gasteiger partial charge in [-0.1, -0.05) is 6.07 Å². The molecule has 15 heavy (non-hydrogen) atoms. The average molecular weight is 282 g/mol. The maximum Gasteiger partial charge on any atom is 0.296 e. The summed E-state index contributed by atoms with van der Waals surface area (Å²) in [6.45, 7) is -1.38. The first kappa shape index (κ1) is 12.0. The SMILES string of the molecule is O=[N+]([O-])c1cc(C(F)(F)CO)ccc1Br. The molecule has 0 saturated carbocycles. The van der Waals surface area contributed by atoms with Crippen molar-refractivity contribution in [1.82, 2.24) is 0 Å². The number of aliphatic hydroxyl groups excluding tert-OH is 1. The van der Waals surface area contributed by atoms with Gasteiger partial charge in [0.1, 0.15) is 6.61 Å². The lowest BCUT2D eigenvalue weighted by Gasteiger charge is -2.13. The lowest BCUT2D eigenvalue weighted by molar-refractivity contribution is -0.385. The third kappa shape index (κ3) is 2.48. The second kappa shape index (κ2) is 4.19. The lowest BCUT2D eigenvalue weighted by Crippen LogP contribution is -2.18. The second-order valence-electron chi connectivity index (χ2n) is 2.79. The molecule has 0 radical (unpaired) electrons. The van der Waals surface area contributed by atoms with Crippen molar-refractivity contribution >= 4 is 21.6 Å². The van der Waals surface area contributed by atoms with Crippen LogP contribution in [-0.2, 0) is 5.92 Å². The van der Waals surface area contributed by atoms with E-state index in [1.807, 2.05) is 0 Å². The van der Waals surface area contributed by atoms with Gasteiger partial charge in [-0.15, -0.1) is 0 Å². The van der Waals surface area contributed by atoms with Crippen LogP contribution >= 0.6 is 15.9 Å². The van der Waals surface area contributed by atoms with Gasteiger partial charge in [-0.2, -0.15) is 8.78 Å². The van der Waals surface area contributed by atoms with E-state index in [9.17, 15) is 18.9 Å². The number of hydrogen-bond donors (Lipinski definition) is 1. The molecule has 0 aliphatic rings. The van der Waals surface area contributed by atoms with Crippen LogP contribution in [0.25, 0.3) is 0 Å². The van der Waals surface area contributed by atoms with E-state index in [0.29, 0.717) is 0 Å². The number of aliphatic hydroxyl groups is 1. The van der Waals surface area contributed by atoms with Crippen molar-refractivity contribution in [3.8, 4) is 0 Å². The van der Waals surface area contributed by atoms with Gasteiger partial charge in [0.25, 0.3) is 11.6 Å². The summed E-state index contributed by atoms with van der Waals surface area (Å²) in [6.07, 6.45) is 0. The van der Waals surface area contributed by atoms with E-state index in [2.05, 4.69) is 15.9 Å². The van der Waals surface area contributed by atoms with Crippen LogP contribution in [0.15, 0.2) is 22.7 Å². The van der Waals surface area contributed by atoms with Crippen LogP contribution in [0.4, 0.5) is 14.5 Å². The Hall–Kier alpha value is -1.08. The van der Waals surface area contributed by atoms with Gasteiger partial charge in [-0.3, -0.25) is 10.1 Å². The summed E-state index contributed by atoms with van der Waals surface area (Å²) in [5.41, 5.74) is -1.04. The molecule has 0 spiro atoms. The molecule has 1 rings (SSSR count). The van der Waals surface area contributed by atoms with E-state index in [1.54, 1.807) is 0 Å². The number of nitro benzene ring substituents is 1.